The van der Waals surface area contributed by atoms with Crippen molar-refractivity contribution in [1.82, 2.24) is 0 Å². The van der Waals surface area contributed by atoms with E-state index in [2.05, 4.69) is 80.6 Å². The maximum atomic E-state index is 3.32. The Bertz CT molecular complexity index is 818. The molecule has 3 aromatic carbocycles. The van der Waals surface area contributed by atoms with Crippen LogP contribution in [-0.4, -0.2) is 0 Å². The topological polar surface area (TPSA) is 0 Å². The second-order valence-electron chi connectivity index (χ2n) is 6.27. The van der Waals surface area contributed by atoms with Gasteiger partial charge in [0.05, 0.1) is 0 Å². The van der Waals surface area contributed by atoms with Gasteiger partial charge in [-0.1, -0.05) is 69.2 Å². The SMILES string of the molecule is CCCC[c-]1ccc(C)c1.[C-]1=CCc2ccc3ccccc3c21.[Cl-].[Cl-].[Zr+4]. The van der Waals surface area contributed by atoms with Gasteiger partial charge in [0.1, 0.15) is 0 Å². The summed E-state index contributed by atoms with van der Waals surface area (Å²) in [6.07, 6.45) is 10.3. The second kappa shape index (κ2) is 12.6. The van der Waals surface area contributed by atoms with Crippen molar-refractivity contribution in [3.8, 4) is 0 Å². The Morgan fingerprint density at radius 2 is 1.81 bits per heavy atom. The molecule has 134 valence electrons. The number of benzene rings is 2. The van der Waals surface area contributed by atoms with Crippen molar-refractivity contribution in [2.24, 2.45) is 0 Å². The monoisotopic (exact) mass is 460 g/mol. The number of hydrogen-bond donors (Lipinski definition) is 0. The van der Waals surface area contributed by atoms with E-state index < -0.39 is 0 Å². The Morgan fingerprint density at radius 1 is 1.04 bits per heavy atom. The van der Waals surface area contributed by atoms with E-state index in [9.17, 15) is 0 Å². The van der Waals surface area contributed by atoms with Gasteiger partial charge in [-0.2, -0.15) is 35.4 Å². The van der Waals surface area contributed by atoms with Crippen LogP contribution in [0.15, 0.2) is 60.7 Å². The van der Waals surface area contributed by atoms with E-state index in [4.69, 9.17) is 0 Å². The van der Waals surface area contributed by atoms with Crippen LogP contribution >= 0.6 is 0 Å². The first kappa shape index (κ1) is 25.3. The Hall–Kier alpha value is -0.747. The van der Waals surface area contributed by atoms with E-state index in [0.29, 0.717) is 0 Å². The molecule has 1 aliphatic carbocycles. The van der Waals surface area contributed by atoms with Crippen molar-refractivity contribution in [1.29, 1.82) is 0 Å². The largest absolute Gasteiger partial charge is 4.00 e. The van der Waals surface area contributed by atoms with E-state index in [1.807, 2.05) is 0 Å². The molecule has 0 saturated carbocycles. The van der Waals surface area contributed by atoms with Crippen molar-refractivity contribution in [2.75, 3.05) is 0 Å². The van der Waals surface area contributed by atoms with Crippen LogP contribution < -0.4 is 24.8 Å². The molecule has 3 aromatic rings. The summed E-state index contributed by atoms with van der Waals surface area (Å²) in [5, 5.41) is 2.64. The molecule has 0 nitrogen and oxygen atoms in total. The van der Waals surface area contributed by atoms with Gasteiger partial charge in [0.25, 0.3) is 0 Å². The molecule has 0 fully saturated rings. The van der Waals surface area contributed by atoms with Crippen LogP contribution in [0.4, 0.5) is 0 Å². The molecule has 4 rings (SSSR count). The third-order valence-corrected chi connectivity index (χ3v) is 4.38. The molecule has 0 amide bonds. The van der Waals surface area contributed by atoms with Gasteiger partial charge in [0, 0.05) is 0 Å². The molecule has 3 heteroatoms. The molecule has 0 saturated heterocycles. The molecule has 0 spiro atoms. The Balaban J connectivity index is 0.000000445. The van der Waals surface area contributed by atoms with Crippen molar-refractivity contribution >= 4 is 10.8 Å². The quantitative estimate of drug-likeness (QED) is 0.487. The fourth-order valence-corrected chi connectivity index (χ4v) is 3.08. The Morgan fingerprint density at radius 3 is 2.50 bits per heavy atom. The van der Waals surface area contributed by atoms with Gasteiger partial charge in [-0.05, 0) is 0 Å². The normalized spacial score (nSPS) is 10.7. The predicted molar refractivity (Wildman–Crippen MR) is 100.0 cm³/mol. The molecule has 0 unspecified atom stereocenters. The zero-order valence-corrected chi connectivity index (χ0v) is 19.3. The van der Waals surface area contributed by atoms with E-state index >= 15 is 0 Å². The molecule has 0 aromatic heterocycles. The summed E-state index contributed by atoms with van der Waals surface area (Å²) in [7, 11) is 0. The Kier molecular flexibility index (Phi) is 12.2. The van der Waals surface area contributed by atoms with Gasteiger partial charge < -0.3 is 24.8 Å². The molecular weight excluding hydrogens is 438 g/mol. The maximum absolute atomic E-state index is 3.32. The van der Waals surface area contributed by atoms with Crippen LogP contribution in [0.1, 0.15) is 42.0 Å². The summed E-state index contributed by atoms with van der Waals surface area (Å²) < 4.78 is 0. The zero-order valence-electron chi connectivity index (χ0n) is 15.4. The molecule has 0 heterocycles. The van der Waals surface area contributed by atoms with Crippen molar-refractivity contribution in [3.63, 3.8) is 0 Å². The first-order valence-corrected chi connectivity index (χ1v) is 8.59. The van der Waals surface area contributed by atoms with E-state index in [1.54, 1.807) is 0 Å². The predicted octanol–water partition coefficient (Wildman–Crippen LogP) is 0.165. The first-order valence-electron chi connectivity index (χ1n) is 8.59. The molecule has 0 N–H and O–H groups in total. The minimum atomic E-state index is 0. The van der Waals surface area contributed by atoms with Gasteiger partial charge in [-0.3, -0.25) is 0 Å². The molecule has 0 aliphatic heterocycles. The fraction of sp³-hybridized carbons (Fsp3) is 0.261. The molecule has 26 heavy (non-hydrogen) atoms. The minimum Gasteiger partial charge on any atom is -1.00 e. The number of rotatable bonds is 3. The number of fused-ring (bicyclic) bond motifs is 3. The third-order valence-electron chi connectivity index (χ3n) is 4.38. The Labute approximate surface area is 189 Å². The van der Waals surface area contributed by atoms with Gasteiger partial charge in [0.15, 0.2) is 0 Å². The number of unbranched alkanes of at least 4 members (excludes halogenated alkanes) is 1. The average molecular weight is 463 g/mol. The summed E-state index contributed by atoms with van der Waals surface area (Å²) in [5.41, 5.74) is 5.59. The van der Waals surface area contributed by atoms with Crippen LogP contribution in [-0.2, 0) is 39.0 Å². The summed E-state index contributed by atoms with van der Waals surface area (Å²) in [4.78, 5) is 0. The van der Waals surface area contributed by atoms with E-state index in [-0.39, 0.29) is 51.0 Å². The fourth-order valence-electron chi connectivity index (χ4n) is 3.08. The number of aryl methyl sites for hydroxylation is 2. The van der Waals surface area contributed by atoms with E-state index in [0.717, 1.165) is 6.42 Å². The molecule has 0 bridgehead atoms. The van der Waals surface area contributed by atoms with Crippen molar-refractivity contribution in [3.05, 3.63) is 89.0 Å². The molecule has 0 radical (unpaired) electrons. The summed E-state index contributed by atoms with van der Waals surface area (Å²) in [6, 6.07) is 19.6. The third kappa shape index (κ3) is 6.45. The van der Waals surface area contributed by atoms with Crippen LogP contribution in [0, 0.1) is 13.0 Å². The van der Waals surface area contributed by atoms with Crippen molar-refractivity contribution < 1.29 is 51.0 Å². The number of halogens is 2. The molecular formula is C23H24Cl2Zr. The van der Waals surface area contributed by atoms with Crippen LogP contribution in [0.25, 0.3) is 10.8 Å². The summed E-state index contributed by atoms with van der Waals surface area (Å²) in [6.45, 7) is 4.38. The second-order valence-corrected chi connectivity index (χ2v) is 6.27. The summed E-state index contributed by atoms with van der Waals surface area (Å²) >= 11 is 0. The van der Waals surface area contributed by atoms with Gasteiger partial charge in [-0.25, -0.2) is 11.6 Å². The standard InChI is InChI=1S/C13H9.C10H15.2ClH.Zr/c1-2-6-12-10(4-1)8-9-11-5-3-7-13(11)12;1-3-4-5-10-7-6-9(2)8-10;;;/h1-4,6,8-9H,5H2;6-8H,3-5H2,1-2H3;2*1H;/q2*-1;;;+4/p-2. The molecule has 1 aliphatic rings. The van der Waals surface area contributed by atoms with Gasteiger partial charge >= 0.3 is 26.2 Å². The van der Waals surface area contributed by atoms with Crippen LogP contribution in [0.3, 0.4) is 0 Å². The number of allylic oxidation sites excluding steroid dienone is 1. The van der Waals surface area contributed by atoms with Crippen LogP contribution in [0.5, 0.6) is 0 Å². The summed E-state index contributed by atoms with van der Waals surface area (Å²) in [5.74, 6) is 0. The average Bonchev–Trinajstić information content (AvgIpc) is 3.22. The number of hydrogen-bond acceptors (Lipinski definition) is 0. The van der Waals surface area contributed by atoms with Crippen LogP contribution in [0.2, 0.25) is 0 Å². The zero-order chi connectivity index (χ0) is 16.1. The maximum Gasteiger partial charge on any atom is 4.00 e. The molecule has 0 atom stereocenters. The van der Waals surface area contributed by atoms with E-state index in [1.165, 1.54) is 52.3 Å². The smallest absolute Gasteiger partial charge is 1.00 e. The first-order chi connectivity index (χ1) is 11.3. The van der Waals surface area contributed by atoms with Gasteiger partial charge in [-0.15, -0.1) is 23.1 Å². The van der Waals surface area contributed by atoms with Gasteiger partial charge in [0.2, 0.25) is 0 Å². The van der Waals surface area contributed by atoms with Crippen molar-refractivity contribution in [2.45, 2.75) is 39.5 Å². The minimum absolute atomic E-state index is 0.